The van der Waals surface area contributed by atoms with Gasteiger partial charge in [-0.15, -0.1) is 0 Å². The maximum atomic E-state index is 12.5. The fraction of sp³-hybridized carbons (Fsp3) is 0.273. The Kier molecular flexibility index (Phi) is 3.93. The molecule has 0 fully saturated rings. The van der Waals surface area contributed by atoms with Gasteiger partial charge in [-0.3, -0.25) is 0 Å². The van der Waals surface area contributed by atoms with Crippen LogP contribution in [0.2, 0.25) is 0 Å². The van der Waals surface area contributed by atoms with Crippen molar-refractivity contribution in [1.82, 2.24) is 0 Å². The highest BCUT2D eigenvalue weighted by molar-refractivity contribution is 5.94. The highest BCUT2D eigenvalue weighted by atomic mass is 19.4. The van der Waals surface area contributed by atoms with Gasteiger partial charge in [-0.1, -0.05) is 0 Å². The molecule has 18 heavy (non-hydrogen) atoms. The zero-order valence-corrected chi connectivity index (χ0v) is 9.21. The van der Waals surface area contributed by atoms with Crippen LogP contribution in [0, 0.1) is 11.3 Å². The third kappa shape index (κ3) is 2.60. The van der Waals surface area contributed by atoms with Crippen molar-refractivity contribution in [1.29, 1.82) is 5.26 Å². The minimum absolute atomic E-state index is 0.298. The number of methoxy groups -OCH3 is 1. The summed E-state index contributed by atoms with van der Waals surface area (Å²) in [6.45, 7) is -0.803. The quantitative estimate of drug-likeness (QED) is 0.823. The van der Waals surface area contributed by atoms with Gasteiger partial charge in [0.25, 0.3) is 0 Å². The Hall–Kier alpha value is -2.07. The van der Waals surface area contributed by atoms with Crippen molar-refractivity contribution in [3.63, 3.8) is 0 Å². The predicted molar refractivity (Wildman–Crippen MR) is 53.4 cm³/mol. The first-order valence-corrected chi connectivity index (χ1v) is 4.68. The number of benzene rings is 1. The van der Waals surface area contributed by atoms with E-state index < -0.39 is 29.9 Å². The third-order valence-electron chi connectivity index (χ3n) is 2.23. The van der Waals surface area contributed by atoms with Crippen molar-refractivity contribution in [3.05, 3.63) is 34.4 Å². The normalized spacial score (nSPS) is 10.9. The summed E-state index contributed by atoms with van der Waals surface area (Å²) in [5.74, 6) is -0.968. The lowest BCUT2D eigenvalue weighted by Gasteiger charge is -2.12. The predicted octanol–water partition coefficient (Wildman–Crippen LogP) is 1.86. The fourth-order valence-electron chi connectivity index (χ4n) is 1.42. The highest BCUT2D eigenvalue weighted by Crippen LogP contribution is 2.32. The first-order chi connectivity index (χ1) is 8.35. The van der Waals surface area contributed by atoms with E-state index in [1.54, 1.807) is 0 Å². The van der Waals surface area contributed by atoms with E-state index in [9.17, 15) is 18.0 Å². The van der Waals surface area contributed by atoms with Crippen molar-refractivity contribution < 1.29 is 27.8 Å². The van der Waals surface area contributed by atoms with Crippen LogP contribution >= 0.6 is 0 Å². The molecule has 1 rings (SSSR count). The zero-order valence-electron chi connectivity index (χ0n) is 9.21. The van der Waals surface area contributed by atoms with Crippen LogP contribution in [0.5, 0.6) is 0 Å². The fourth-order valence-corrected chi connectivity index (χ4v) is 1.42. The maximum Gasteiger partial charge on any atom is 0.416 e. The molecule has 0 unspecified atom stereocenters. The summed E-state index contributed by atoms with van der Waals surface area (Å²) in [7, 11) is 1.03. The van der Waals surface area contributed by atoms with E-state index in [0.29, 0.717) is 12.1 Å². The van der Waals surface area contributed by atoms with Crippen molar-refractivity contribution in [2.75, 3.05) is 7.11 Å². The number of alkyl halides is 3. The second kappa shape index (κ2) is 5.06. The van der Waals surface area contributed by atoms with Gasteiger partial charge in [0.1, 0.15) is 6.07 Å². The molecular formula is C11H8F3NO3. The van der Waals surface area contributed by atoms with Crippen LogP contribution in [0.25, 0.3) is 0 Å². The molecule has 0 aliphatic rings. The number of hydrogen-bond acceptors (Lipinski definition) is 4. The lowest BCUT2D eigenvalue weighted by Crippen LogP contribution is -2.13. The Morgan fingerprint density at radius 1 is 1.50 bits per heavy atom. The summed E-state index contributed by atoms with van der Waals surface area (Å²) in [4.78, 5) is 11.4. The molecular weight excluding hydrogens is 251 g/mol. The van der Waals surface area contributed by atoms with Gasteiger partial charge in [0.15, 0.2) is 0 Å². The van der Waals surface area contributed by atoms with Gasteiger partial charge in [0.2, 0.25) is 0 Å². The number of aliphatic hydroxyl groups excluding tert-OH is 1. The molecule has 4 nitrogen and oxygen atoms in total. The Morgan fingerprint density at radius 2 is 2.11 bits per heavy atom. The second-order valence-corrected chi connectivity index (χ2v) is 3.32. The lowest BCUT2D eigenvalue weighted by molar-refractivity contribution is -0.137. The maximum absolute atomic E-state index is 12.5. The summed E-state index contributed by atoms with van der Waals surface area (Å²) in [6.07, 6.45) is -4.66. The first-order valence-electron chi connectivity index (χ1n) is 4.68. The van der Waals surface area contributed by atoms with Crippen LogP contribution in [-0.4, -0.2) is 18.2 Å². The van der Waals surface area contributed by atoms with Crippen LogP contribution in [0.15, 0.2) is 12.1 Å². The van der Waals surface area contributed by atoms with Crippen molar-refractivity contribution in [2.24, 2.45) is 0 Å². The molecule has 0 aromatic heterocycles. The summed E-state index contributed by atoms with van der Waals surface area (Å²) >= 11 is 0. The topological polar surface area (TPSA) is 70.3 Å². The Morgan fingerprint density at radius 3 is 2.50 bits per heavy atom. The minimum Gasteiger partial charge on any atom is -0.465 e. The average molecular weight is 259 g/mol. The smallest absolute Gasteiger partial charge is 0.416 e. The molecule has 0 aliphatic carbocycles. The van der Waals surface area contributed by atoms with Crippen molar-refractivity contribution in [3.8, 4) is 6.07 Å². The van der Waals surface area contributed by atoms with E-state index in [1.165, 1.54) is 6.07 Å². The van der Waals surface area contributed by atoms with E-state index in [-0.39, 0.29) is 11.1 Å². The number of aliphatic hydroxyl groups is 1. The molecule has 1 aromatic carbocycles. The number of halogens is 3. The van der Waals surface area contributed by atoms with Gasteiger partial charge < -0.3 is 9.84 Å². The Labute approximate surface area is 100 Å². The zero-order chi connectivity index (χ0) is 13.9. The number of rotatable bonds is 2. The van der Waals surface area contributed by atoms with Gasteiger partial charge in [0.05, 0.1) is 30.4 Å². The minimum atomic E-state index is -4.66. The molecule has 0 saturated carbocycles. The van der Waals surface area contributed by atoms with E-state index in [2.05, 4.69) is 4.74 Å². The Bertz CT molecular complexity index is 517. The third-order valence-corrected chi connectivity index (χ3v) is 2.23. The van der Waals surface area contributed by atoms with Crippen LogP contribution < -0.4 is 0 Å². The number of hydrogen-bond donors (Lipinski definition) is 1. The molecule has 0 radical (unpaired) electrons. The summed E-state index contributed by atoms with van der Waals surface area (Å²) in [6, 6.07) is 2.65. The van der Waals surface area contributed by atoms with Gasteiger partial charge in [-0.25, -0.2) is 4.79 Å². The highest BCUT2D eigenvalue weighted by Gasteiger charge is 2.33. The van der Waals surface area contributed by atoms with E-state index >= 15 is 0 Å². The van der Waals surface area contributed by atoms with E-state index in [4.69, 9.17) is 10.4 Å². The van der Waals surface area contributed by atoms with E-state index in [0.717, 1.165) is 7.11 Å². The molecule has 1 N–H and O–H groups in total. The lowest BCUT2D eigenvalue weighted by atomic mass is 9.98. The van der Waals surface area contributed by atoms with Gasteiger partial charge in [-0.05, 0) is 17.7 Å². The number of carbonyl (C=O) groups excluding carboxylic acids is 1. The van der Waals surface area contributed by atoms with Gasteiger partial charge in [0, 0.05) is 0 Å². The Balaban J connectivity index is 3.55. The van der Waals surface area contributed by atoms with Crippen LogP contribution in [-0.2, 0) is 17.5 Å². The number of esters is 1. The molecule has 0 atom stereocenters. The molecule has 7 heteroatoms. The van der Waals surface area contributed by atoms with Crippen LogP contribution in [0.1, 0.15) is 27.0 Å². The number of carbonyl (C=O) groups is 1. The second-order valence-electron chi connectivity index (χ2n) is 3.32. The van der Waals surface area contributed by atoms with Gasteiger partial charge >= 0.3 is 12.1 Å². The number of nitriles is 1. The summed E-state index contributed by atoms with van der Waals surface area (Å²) in [5.41, 5.74) is -2.24. The number of ether oxygens (including phenoxy) is 1. The molecule has 0 aliphatic heterocycles. The van der Waals surface area contributed by atoms with Crippen molar-refractivity contribution >= 4 is 5.97 Å². The monoisotopic (exact) mass is 259 g/mol. The van der Waals surface area contributed by atoms with Crippen LogP contribution in [0.4, 0.5) is 13.2 Å². The molecule has 0 amide bonds. The molecule has 0 spiro atoms. The SMILES string of the molecule is COC(=O)c1c(C#N)cc(C(F)(F)F)cc1CO. The molecule has 0 bridgehead atoms. The summed E-state index contributed by atoms with van der Waals surface area (Å²) < 4.78 is 41.9. The largest absolute Gasteiger partial charge is 0.465 e. The average Bonchev–Trinajstić information content (AvgIpc) is 2.34. The number of nitrogens with zero attached hydrogens (tertiary/aromatic N) is 1. The molecule has 0 saturated heterocycles. The summed E-state index contributed by atoms with van der Waals surface area (Å²) in [5, 5.41) is 17.8. The van der Waals surface area contributed by atoms with E-state index in [1.807, 2.05) is 0 Å². The van der Waals surface area contributed by atoms with Crippen LogP contribution in [0.3, 0.4) is 0 Å². The molecule has 1 aromatic rings. The molecule has 96 valence electrons. The first kappa shape index (κ1) is 14.0. The van der Waals surface area contributed by atoms with Gasteiger partial charge in [-0.2, -0.15) is 18.4 Å². The van der Waals surface area contributed by atoms with Crippen molar-refractivity contribution in [2.45, 2.75) is 12.8 Å². The standard InChI is InChI=1S/C11H8F3NO3/c1-18-10(17)9-6(4-15)2-8(11(12,13)14)3-7(9)5-16/h2-3,16H,5H2,1H3. The molecule has 0 heterocycles.